The molecule has 1 saturated heterocycles. The minimum absolute atomic E-state index is 0.265. The van der Waals surface area contributed by atoms with Gasteiger partial charge in [0.2, 0.25) is 0 Å². The molecule has 2 nitrogen and oxygen atoms in total. The molecule has 0 spiro atoms. The van der Waals surface area contributed by atoms with Gasteiger partial charge >= 0.3 is 0 Å². The molecule has 0 aliphatic carbocycles. The van der Waals surface area contributed by atoms with Gasteiger partial charge < -0.3 is 10.5 Å². The van der Waals surface area contributed by atoms with Crippen LogP contribution in [-0.4, -0.2) is 18.8 Å². The second kappa shape index (κ2) is 7.02. The van der Waals surface area contributed by atoms with Crippen LogP contribution in [0, 0.1) is 0 Å². The molecule has 0 aromatic carbocycles. The van der Waals surface area contributed by atoms with Gasteiger partial charge in [0.25, 0.3) is 0 Å². The Kier molecular flexibility index (Phi) is 5.88. The fourth-order valence-corrected chi connectivity index (χ4v) is 1.97. The van der Waals surface area contributed by atoms with Crippen LogP contribution in [0.5, 0.6) is 0 Å². The van der Waals surface area contributed by atoms with E-state index in [0.29, 0.717) is 6.10 Å². The summed E-state index contributed by atoms with van der Waals surface area (Å²) >= 11 is 0. The van der Waals surface area contributed by atoms with Crippen molar-refractivity contribution < 1.29 is 4.74 Å². The average molecular weight is 197 g/mol. The highest BCUT2D eigenvalue weighted by molar-refractivity contribution is 4.77. The molecule has 0 amide bonds. The molecule has 0 saturated carbocycles. The van der Waals surface area contributed by atoms with E-state index >= 15 is 0 Å². The predicted molar refractivity (Wildman–Crippen MR) is 60.2 cm³/mol. The molecule has 0 aromatic heterocycles. The first kappa shape index (κ1) is 11.7. The summed E-state index contributed by atoms with van der Waals surface area (Å²) in [7, 11) is 0. The maximum absolute atomic E-state index is 6.05. The van der Waals surface area contributed by atoms with Crippen molar-refractivity contribution in [1.82, 2.24) is 0 Å². The summed E-state index contributed by atoms with van der Waals surface area (Å²) < 4.78 is 5.55. The van der Waals surface area contributed by atoms with Gasteiger partial charge in [-0.05, 0) is 32.1 Å². The molecule has 2 heteroatoms. The lowest BCUT2D eigenvalue weighted by atomic mass is 10.0. The van der Waals surface area contributed by atoms with E-state index < -0.39 is 0 Å². The number of unbranched alkanes of at least 4 members (excludes halogenated alkanes) is 3. The number of rotatable bonds is 7. The lowest BCUT2D eigenvalue weighted by molar-refractivity contribution is 0.0868. The third kappa shape index (κ3) is 4.25. The van der Waals surface area contributed by atoms with Gasteiger partial charge in [-0.15, -0.1) is 6.58 Å². The van der Waals surface area contributed by atoms with Gasteiger partial charge in [-0.2, -0.15) is 0 Å². The molecule has 2 atom stereocenters. The van der Waals surface area contributed by atoms with E-state index in [0.717, 1.165) is 25.9 Å². The first-order valence-corrected chi connectivity index (χ1v) is 5.82. The second-order valence-corrected chi connectivity index (χ2v) is 4.14. The Balaban J connectivity index is 1.96. The van der Waals surface area contributed by atoms with Gasteiger partial charge in [0.1, 0.15) is 0 Å². The third-order valence-electron chi connectivity index (χ3n) is 2.89. The monoisotopic (exact) mass is 197 g/mol. The Labute approximate surface area is 87.5 Å². The highest BCUT2D eigenvalue weighted by atomic mass is 16.5. The van der Waals surface area contributed by atoms with E-state index in [4.69, 9.17) is 10.5 Å². The molecular formula is C12H23NO. The highest BCUT2D eigenvalue weighted by Crippen LogP contribution is 2.18. The van der Waals surface area contributed by atoms with Crippen molar-refractivity contribution in [2.75, 3.05) is 6.61 Å². The third-order valence-corrected chi connectivity index (χ3v) is 2.89. The van der Waals surface area contributed by atoms with E-state index in [-0.39, 0.29) is 6.04 Å². The van der Waals surface area contributed by atoms with Gasteiger partial charge in [-0.3, -0.25) is 0 Å². The summed E-state index contributed by atoms with van der Waals surface area (Å²) in [5, 5.41) is 0. The van der Waals surface area contributed by atoms with Gasteiger partial charge in [0.15, 0.2) is 0 Å². The van der Waals surface area contributed by atoms with E-state index in [2.05, 4.69) is 6.58 Å². The largest absolute Gasteiger partial charge is 0.377 e. The van der Waals surface area contributed by atoms with Gasteiger partial charge in [-0.1, -0.05) is 18.9 Å². The van der Waals surface area contributed by atoms with E-state index in [1.807, 2.05) is 6.08 Å². The Morgan fingerprint density at radius 2 is 2.29 bits per heavy atom. The fourth-order valence-electron chi connectivity index (χ4n) is 1.97. The van der Waals surface area contributed by atoms with Crippen LogP contribution in [0.3, 0.4) is 0 Å². The molecule has 0 aromatic rings. The van der Waals surface area contributed by atoms with Crippen LogP contribution in [0.2, 0.25) is 0 Å². The Morgan fingerprint density at radius 3 is 2.93 bits per heavy atom. The maximum Gasteiger partial charge on any atom is 0.0726 e. The Bertz CT molecular complexity index is 152. The lowest BCUT2D eigenvalue weighted by Crippen LogP contribution is -2.33. The van der Waals surface area contributed by atoms with Gasteiger partial charge in [-0.25, -0.2) is 0 Å². The zero-order valence-corrected chi connectivity index (χ0v) is 9.08. The summed E-state index contributed by atoms with van der Waals surface area (Å²) in [5.41, 5.74) is 6.05. The number of hydrogen-bond acceptors (Lipinski definition) is 2. The zero-order chi connectivity index (χ0) is 10.2. The normalized spacial score (nSPS) is 23.6. The molecule has 1 fully saturated rings. The summed E-state index contributed by atoms with van der Waals surface area (Å²) in [5.74, 6) is 0. The van der Waals surface area contributed by atoms with Crippen molar-refractivity contribution in [2.45, 2.75) is 57.1 Å². The van der Waals surface area contributed by atoms with Crippen molar-refractivity contribution in [2.24, 2.45) is 5.73 Å². The Morgan fingerprint density at radius 1 is 1.43 bits per heavy atom. The highest BCUT2D eigenvalue weighted by Gasteiger charge is 2.21. The quantitative estimate of drug-likeness (QED) is 0.503. The van der Waals surface area contributed by atoms with Crippen LogP contribution in [-0.2, 0) is 4.74 Å². The Hall–Kier alpha value is -0.340. The molecule has 1 aliphatic rings. The summed E-state index contributed by atoms with van der Waals surface area (Å²) in [6.07, 6.45) is 10.7. The minimum Gasteiger partial charge on any atom is -0.377 e. The van der Waals surface area contributed by atoms with Crippen LogP contribution in [0.4, 0.5) is 0 Å². The van der Waals surface area contributed by atoms with Crippen molar-refractivity contribution in [3.05, 3.63) is 12.7 Å². The van der Waals surface area contributed by atoms with Crippen molar-refractivity contribution in [3.8, 4) is 0 Å². The topological polar surface area (TPSA) is 35.2 Å². The van der Waals surface area contributed by atoms with Crippen LogP contribution in [0.25, 0.3) is 0 Å². The average Bonchev–Trinajstić information content (AvgIpc) is 2.70. The van der Waals surface area contributed by atoms with Crippen molar-refractivity contribution >= 4 is 0 Å². The van der Waals surface area contributed by atoms with Crippen LogP contribution in [0.1, 0.15) is 44.9 Å². The molecule has 2 unspecified atom stereocenters. The SMILES string of the molecule is C=CCCCCCC(N)C1CCCO1. The number of hydrogen-bond donors (Lipinski definition) is 1. The molecule has 14 heavy (non-hydrogen) atoms. The minimum atomic E-state index is 0.265. The van der Waals surface area contributed by atoms with E-state index in [1.165, 1.54) is 25.7 Å². The van der Waals surface area contributed by atoms with Crippen LogP contribution < -0.4 is 5.73 Å². The van der Waals surface area contributed by atoms with E-state index in [1.54, 1.807) is 0 Å². The second-order valence-electron chi connectivity index (χ2n) is 4.14. The standard InChI is InChI=1S/C12H23NO/c1-2-3-4-5-6-8-11(13)12-9-7-10-14-12/h2,11-12H,1,3-10,13H2. The predicted octanol–water partition coefficient (Wildman–Crippen LogP) is 2.63. The molecule has 2 N–H and O–H groups in total. The van der Waals surface area contributed by atoms with Crippen molar-refractivity contribution in [3.63, 3.8) is 0 Å². The van der Waals surface area contributed by atoms with Gasteiger partial charge in [0.05, 0.1) is 6.10 Å². The summed E-state index contributed by atoms with van der Waals surface area (Å²) in [6, 6.07) is 0.265. The van der Waals surface area contributed by atoms with Crippen LogP contribution in [0.15, 0.2) is 12.7 Å². The van der Waals surface area contributed by atoms with Crippen molar-refractivity contribution in [1.29, 1.82) is 0 Å². The first-order chi connectivity index (χ1) is 6.84. The first-order valence-electron chi connectivity index (χ1n) is 5.82. The maximum atomic E-state index is 6.05. The molecule has 82 valence electrons. The van der Waals surface area contributed by atoms with Crippen LogP contribution >= 0.6 is 0 Å². The molecule has 0 radical (unpaired) electrons. The molecule has 1 rings (SSSR count). The van der Waals surface area contributed by atoms with Gasteiger partial charge in [0, 0.05) is 12.6 Å². The molecular weight excluding hydrogens is 174 g/mol. The number of ether oxygens (including phenoxy) is 1. The number of nitrogens with two attached hydrogens (primary N) is 1. The molecule has 1 heterocycles. The molecule has 1 aliphatic heterocycles. The molecule has 0 bridgehead atoms. The number of allylic oxidation sites excluding steroid dienone is 1. The zero-order valence-electron chi connectivity index (χ0n) is 9.08. The smallest absolute Gasteiger partial charge is 0.0726 e. The fraction of sp³-hybridized carbons (Fsp3) is 0.833. The van der Waals surface area contributed by atoms with E-state index in [9.17, 15) is 0 Å². The lowest BCUT2D eigenvalue weighted by Gasteiger charge is -2.17. The summed E-state index contributed by atoms with van der Waals surface area (Å²) in [4.78, 5) is 0. The summed E-state index contributed by atoms with van der Waals surface area (Å²) in [6.45, 7) is 4.62.